The third-order valence-electron chi connectivity index (χ3n) is 3.62. The highest BCUT2D eigenvalue weighted by Crippen LogP contribution is 2.32. The minimum Gasteiger partial charge on any atom is -0.385 e. The number of methoxy groups -OCH3 is 2. The molecule has 0 fully saturated rings. The maximum absolute atomic E-state index is 11.6. The number of benzene rings is 1. The number of carbonyl (C=O) groups excluding carboxylic acids is 1. The van der Waals surface area contributed by atoms with Gasteiger partial charge in [-0.15, -0.1) is 0 Å². The first kappa shape index (κ1) is 15.8. The molecule has 1 unspecified atom stereocenters. The van der Waals surface area contributed by atoms with Gasteiger partial charge < -0.3 is 25.4 Å². The fourth-order valence-corrected chi connectivity index (χ4v) is 2.44. The van der Waals surface area contributed by atoms with Crippen LogP contribution in [0, 0.1) is 0 Å². The van der Waals surface area contributed by atoms with Crippen LogP contribution in [0.25, 0.3) is 0 Å². The quantitative estimate of drug-likeness (QED) is 0.703. The molecule has 6 nitrogen and oxygen atoms in total. The summed E-state index contributed by atoms with van der Waals surface area (Å²) in [6.45, 7) is 3.03. The smallest absolute Gasteiger partial charge is 0.245 e. The number of nitrogens with two attached hydrogens (primary N) is 1. The Labute approximate surface area is 125 Å². The molecule has 0 aliphatic carbocycles. The van der Waals surface area contributed by atoms with E-state index in [4.69, 9.17) is 15.2 Å². The summed E-state index contributed by atoms with van der Waals surface area (Å²) in [5.41, 5.74) is 8.54. The highest BCUT2D eigenvalue weighted by atomic mass is 16.5. The Morgan fingerprint density at radius 3 is 2.71 bits per heavy atom. The molecule has 0 bridgehead atoms. The fourth-order valence-electron chi connectivity index (χ4n) is 2.44. The molecule has 0 saturated carbocycles. The summed E-state index contributed by atoms with van der Waals surface area (Å²) >= 11 is 0. The van der Waals surface area contributed by atoms with Gasteiger partial charge in [0, 0.05) is 50.9 Å². The SMILES string of the molecule is COCCCN(CCOC)c1ccc2c(c1)NC(=O)C2N. The molecule has 1 aliphatic rings. The first-order valence-corrected chi connectivity index (χ1v) is 7.10. The number of fused-ring (bicyclic) bond motifs is 1. The van der Waals surface area contributed by atoms with Crippen LogP contribution in [0.4, 0.5) is 11.4 Å². The molecule has 0 saturated heterocycles. The lowest BCUT2D eigenvalue weighted by Gasteiger charge is -2.25. The first-order valence-electron chi connectivity index (χ1n) is 7.10. The van der Waals surface area contributed by atoms with Crippen LogP contribution in [0.5, 0.6) is 0 Å². The van der Waals surface area contributed by atoms with Crippen molar-refractivity contribution in [3.63, 3.8) is 0 Å². The molecular formula is C15H23N3O3. The Kier molecular flexibility index (Phi) is 5.55. The highest BCUT2D eigenvalue weighted by molar-refractivity contribution is 6.02. The summed E-state index contributed by atoms with van der Waals surface area (Å²) in [5, 5.41) is 2.82. The second kappa shape index (κ2) is 7.40. The van der Waals surface area contributed by atoms with Gasteiger partial charge in [-0.1, -0.05) is 6.07 Å². The summed E-state index contributed by atoms with van der Waals surface area (Å²) < 4.78 is 10.3. The van der Waals surface area contributed by atoms with Gasteiger partial charge in [0.1, 0.15) is 6.04 Å². The number of hydrogen-bond acceptors (Lipinski definition) is 5. The molecule has 0 radical (unpaired) electrons. The predicted octanol–water partition coefficient (Wildman–Crippen LogP) is 1.13. The molecule has 0 spiro atoms. The van der Waals surface area contributed by atoms with Crippen molar-refractivity contribution in [2.75, 3.05) is 50.7 Å². The van der Waals surface area contributed by atoms with E-state index in [9.17, 15) is 4.79 Å². The van der Waals surface area contributed by atoms with Gasteiger partial charge in [-0.05, 0) is 18.6 Å². The van der Waals surface area contributed by atoms with Gasteiger partial charge in [0.15, 0.2) is 0 Å². The third kappa shape index (κ3) is 3.72. The van der Waals surface area contributed by atoms with Gasteiger partial charge in [0.25, 0.3) is 0 Å². The van der Waals surface area contributed by atoms with Crippen molar-refractivity contribution >= 4 is 17.3 Å². The Balaban J connectivity index is 2.12. The van der Waals surface area contributed by atoms with Crippen molar-refractivity contribution in [1.29, 1.82) is 0 Å². The Hall–Kier alpha value is -1.63. The highest BCUT2D eigenvalue weighted by Gasteiger charge is 2.27. The molecular weight excluding hydrogens is 270 g/mol. The van der Waals surface area contributed by atoms with E-state index < -0.39 is 6.04 Å². The number of nitrogens with one attached hydrogen (secondary N) is 1. The summed E-state index contributed by atoms with van der Waals surface area (Å²) in [7, 11) is 3.39. The van der Waals surface area contributed by atoms with E-state index in [1.165, 1.54) is 0 Å². The van der Waals surface area contributed by atoms with Crippen molar-refractivity contribution in [2.24, 2.45) is 5.73 Å². The van der Waals surface area contributed by atoms with Crippen molar-refractivity contribution in [2.45, 2.75) is 12.5 Å². The third-order valence-corrected chi connectivity index (χ3v) is 3.62. The van der Waals surface area contributed by atoms with Crippen molar-refractivity contribution in [3.8, 4) is 0 Å². The lowest BCUT2D eigenvalue weighted by Crippen LogP contribution is -2.29. The number of ether oxygens (including phenoxy) is 2. The second-order valence-electron chi connectivity index (χ2n) is 5.06. The van der Waals surface area contributed by atoms with Crippen LogP contribution in [0.1, 0.15) is 18.0 Å². The van der Waals surface area contributed by atoms with Gasteiger partial charge in [0.05, 0.1) is 6.61 Å². The van der Waals surface area contributed by atoms with Crippen LogP contribution in [-0.4, -0.2) is 46.4 Å². The van der Waals surface area contributed by atoms with E-state index in [1.807, 2.05) is 18.2 Å². The van der Waals surface area contributed by atoms with Gasteiger partial charge in [-0.25, -0.2) is 0 Å². The monoisotopic (exact) mass is 293 g/mol. The molecule has 3 N–H and O–H groups in total. The minimum absolute atomic E-state index is 0.148. The average Bonchev–Trinajstić information content (AvgIpc) is 2.77. The largest absolute Gasteiger partial charge is 0.385 e. The zero-order valence-corrected chi connectivity index (χ0v) is 12.6. The van der Waals surface area contributed by atoms with Crippen LogP contribution in [0.15, 0.2) is 18.2 Å². The number of anilines is 2. The number of rotatable bonds is 8. The maximum Gasteiger partial charge on any atom is 0.245 e. The molecule has 1 atom stereocenters. The van der Waals surface area contributed by atoms with Crippen LogP contribution < -0.4 is 16.0 Å². The van der Waals surface area contributed by atoms with E-state index >= 15 is 0 Å². The van der Waals surface area contributed by atoms with Crippen LogP contribution in [0.3, 0.4) is 0 Å². The lowest BCUT2D eigenvalue weighted by molar-refractivity contribution is -0.116. The van der Waals surface area contributed by atoms with E-state index in [1.54, 1.807) is 14.2 Å². The zero-order valence-electron chi connectivity index (χ0n) is 12.6. The van der Waals surface area contributed by atoms with Crippen LogP contribution >= 0.6 is 0 Å². The average molecular weight is 293 g/mol. The lowest BCUT2D eigenvalue weighted by atomic mass is 10.1. The predicted molar refractivity (Wildman–Crippen MR) is 82.6 cm³/mol. The molecule has 1 aromatic rings. The van der Waals surface area contributed by atoms with Gasteiger partial charge >= 0.3 is 0 Å². The number of amides is 1. The molecule has 1 aliphatic heterocycles. The Morgan fingerprint density at radius 1 is 1.24 bits per heavy atom. The molecule has 0 aromatic heterocycles. The fraction of sp³-hybridized carbons (Fsp3) is 0.533. The normalized spacial score (nSPS) is 16.7. The van der Waals surface area contributed by atoms with Gasteiger partial charge in [-0.2, -0.15) is 0 Å². The summed E-state index contributed by atoms with van der Waals surface area (Å²) in [5.74, 6) is -0.148. The number of hydrogen-bond donors (Lipinski definition) is 2. The van der Waals surface area contributed by atoms with Gasteiger partial charge in [0.2, 0.25) is 5.91 Å². The minimum atomic E-state index is -0.560. The number of carbonyl (C=O) groups is 1. The van der Waals surface area contributed by atoms with E-state index in [-0.39, 0.29) is 5.91 Å². The summed E-state index contributed by atoms with van der Waals surface area (Å²) in [6, 6.07) is 5.34. The molecule has 116 valence electrons. The summed E-state index contributed by atoms with van der Waals surface area (Å²) in [4.78, 5) is 13.8. The Bertz CT molecular complexity index is 493. The molecule has 1 aromatic carbocycles. The number of nitrogens with zero attached hydrogens (tertiary/aromatic N) is 1. The standard InChI is InChI=1S/C15H23N3O3/c1-20-8-3-6-18(7-9-21-2)11-4-5-12-13(10-11)17-15(19)14(12)16/h4-5,10,14H,3,6-9,16H2,1-2H3,(H,17,19). The molecule has 6 heteroatoms. The van der Waals surface area contributed by atoms with Gasteiger partial charge in [-0.3, -0.25) is 4.79 Å². The molecule has 1 amide bonds. The molecule has 1 heterocycles. The first-order chi connectivity index (χ1) is 10.2. The summed E-state index contributed by atoms with van der Waals surface area (Å²) in [6.07, 6.45) is 0.934. The van der Waals surface area contributed by atoms with E-state index in [2.05, 4.69) is 10.2 Å². The topological polar surface area (TPSA) is 76.8 Å². The molecule has 2 rings (SSSR count). The molecule has 21 heavy (non-hydrogen) atoms. The Morgan fingerprint density at radius 2 is 2.00 bits per heavy atom. The zero-order chi connectivity index (χ0) is 15.2. The van der Waals surface area contributed by atoms with E-state index in [0.29, 0.717) is 6.61 Å². The van der Waals surface area contributed by atoms with Crippen molar-refractivity contribution < 1.29 is 14.3 Å². The van der Waals surface area contributed by atoms with Crippen molar-refractivity contribution in [1.82, 2.24) is 0 Å². The van der Waals surface area contributed by atoms with Crippen molar-refractivity contribution in [3.05, 3.63) is 23.8 Å². The van der Waals surface area contributed by atoms with E-state index in [0.717, 1.165) is 43.1 Å². The second-order valence-corrected chi connectivity index (χ2v) is 5.06. The van der Waals surface area contributed by atoms with Crippen LogP contribution in [-0.2, 0) is 14.3 Å². The van der Waals surface area contributed by atoms with Crippen LogP contribution in [0.2, 0.25) is 0 Å². The maximum atomic E-state index is 11.6.